The topological polar surface area (TPSA) is 33.5 Å². The fraction of sp³-hybridized carbons (Fsp3) is 0.381. The third-order valence-corrected chi connectivity index (χ3v) is 5.04. The first kappa shape index (κ1) is 16.7. The van der Waals surface area contributed by atoms with Crippen LogP contribution in [-0.4, -0.2) is 25.0 Å². The second-order valence-corrected chi connectivity index (χ2v) is 6.80. The van der Waals surface area contributed by atoms with Crippen molar-refractivity contribution in [1.29, 1.82) is 0 Å². The van der Waals surface area contributed by atoms with E-state index in [2.05, 4.69) is 36.5 Å². The molecule has 2 aromatic rings. The lowest BCUT2D eigenvalue weighted by atomic mass is 9.98. The monoisotopic (exact) mass is 323 g/mol. The van der Waals surface area contributed by atoms with Crippen LogP contribution in [0.4, 0.5) is 0 Å². The number of hydrogen-bond donors (Lipinski definition) is 2. The average Bonchev–Trinajstić information content (AvgIpc) is 2.63. The highest BCUT2D eigenvalue weighted by Crippen LogP contribution is 2.21. The van der Waals surface area contributed by atoms with Crippen molar-refractivity contribution < 1.29 is 9.69 Å². The summed E-state index contributed by atoms with van der Waals surface area (Å²) in [7, 11) is 0. The molecule has 2 atom stereocenters. The van der Waals surface area contributed by atoms with E-state index in [1.807, 2.05) is 36.4 Å². The SMILES string of the molecule is C[C@H]1CCCC[NH+]1CC(=O)NC(c1ccccc1)c1ccccc1. The van der Waals surface area contributed by atoms with Crippen LogP contribution >= 0.6 is 0 Å². The van der Waals surface area contributed by atoms with E-state index in [0.717, 1.165) is 17.7 Å². The van der Waals surface area contributed by atoms with Crippen molar-refractivity contribution in [3.8, 4) is 0 Å². The molecule has 2 N–H and O–H groups in total. The molecule has 0 aliphatic carbocycles. The third-order valence-electron chi connectivity index (χ3n) is 5.04. The largest absolute Gasteiger partial charge is 0.340 e. The number of quaternary nitrogens is 1. The Balaban J connectivity index is 1.73. The Morgan fingerprint density at radius 1 is 1.04 bits per heavy atom. The van der Waals surface area contributed by atoms with Crippen LogP contribution in [0, 0.1) is 0 Å². The maximum absolute atomic E-state index is 12.7. The number of amides is 1. The summed E-state index contributed by atoms with van der Waals surface area (Å²) in [4.78, 5) is 14.1. The second-order valence-electron chi connectivity index (χ2n) is 6.80. The third kappa shape index (κ3) is 4.24. The van der Waals surface area contributed by atoms with E-state index in [0.29, 0.717) is 12.6 Å². The molecule has 126 valence electrons. The molecule has 1 unspecified atom stereocenters. The van der Waals surface area contributed by atoms with Gasteiger partial charge in [0, 0.05) is 0 Å². The first-order valence-electron chi connectivity index (χ1n) is 8.98. The number of hydrogen-bond acceptors (Lipinski definition) is 1. The Hall–Kier alpha value is -2.13. The van der Waals surface area contributed by atoms with E-state index in [4.69, 9.17) is 0 Å². The smallest absolute Gasteiger partial charge is 0.275 e. The normalized spacial score (nSPS) is 20.8. The summed E-state index contributed by atoms with van der Waals surface area (Å²) in [6.07, 6.45) is 3.75. The molecule has 2 aromatic carbocycles. The molecule has 1 saturated heterocycles. The lowest BCUT2D eigenvalue weighted by molar-refractivity contribution is -0.921. The van der Waals surface area contributed by atoms with Gasteiger partial charge in [0.2, 0.25) is 0 Å². The number of nitrogens with one attached hydrogen (secondary N) is 2. The molecule has 3 heteroatoms. The summed E-state index contributed by atoms with van der Waals surface area (Å²) in [5.74, 6) is 0.136. The Morgan fingerprint density at radius 3 is 2.17 bits per heavy atom. The molecular formula is C21H27N2O+. The molecule has 0 aromatic heterocycles. The highest BCUT2D eigenvalue weighted by Gasteiger charge is 2.25. The Labute approximate surface area is 144 Å². The summed E-state index contributed by atoms with van der Waals surface area (Å²) in [5.41, 5.74) is 2.25. The zero-order chi connectivity index (χ0) is 16.8. The van der Waals surface area contributed by atoms with E-state index < -0.39 is 0 Å². The van der Waals surface area contributed by atoms with Crippen molar-refractivity contribution in [3.63, 3.8) is 0 Å². The minimum Gasteiger partial charge on any atom is -0.340 e. The maximum Gasteiger partial charge on any atom is 0.275 e. The highest BCUT2D eigenvalue weighted by molar-refractivity contribution is 5.78. The van der Waals surface area contributed by atoms with E-state index in [1.54, 1.807) is 0 Å². The summed E-state index contributed by atoms with van der Waals surface area (Å²) < 4.78 is 0. The Bertz CT molecular complexity index is 602. The van der Waals surface area contributed by atoms with Crippen molar-refractivity contribution >= 4 is 5.91 Å². The molecule has 1 amide bonds. The summed E-state index contributed by atoms with van der Waals surface area (Å²) in [6, 6.07) is 20.9. The Morgan fingerprint density at radius 2 is 1.62 bits per heavy atom. The molecule has 24 heavy (non-hydrogen) atoms. The zero-order valence-electron chi connectivity index (χ0n) is 14.4. The van der Waals surface area contributed by atoms with E-state index in [1.165, 1.54) is 24.2 Å². The number of piperidine rings is 1. The molecule has 1 aliphatic rings. The van der Waals surface area contributed by atoms with Crippen LogP contribution in [0.15, 0.2) is 60.7 Å². The molecule has 1 heterocycles. The number of carbonyl (C=O) groups excluding carboxylic acids is 1. The van der Waals surface area contributed by atoms with Gasteiger partial charge in [-0.2, -0.15) is 0 Å². The lowest BCUT2D eigenvalue weighted by Gasteiger charge is -2.30. The highest BCUT2D eigenvalue weighted by atomic mass is 16.2. The van der Waals surface area contributed by atoms with Gasteiger partial charge in [-0.05, 0) is 37.3 Å². The maximum atomic E-state index is 12.7. The van der Waals surface area contributed by atoms with E-state index in [-0.39, 0.29) is 11.9 Å². The molecular weight excluding hydrogens is 296 g/mol. The van der Waals surface area contributed by atoms with Crippen LogP contribution in [0.3, 0.4) is 0 Å². The summed E-state index contributed by atoms with van der Waals surface area (Å²) in [6.45, 7) is 3.93. The lowest BCUT2D eigenvalue weighted by Crippen LogP contribution is -3.17. The fourth-order valence-electron chi connectivity index (χ4n) is 3.58. The molecule has 0 bridgehead atoms. The summed E-state index contributed by atoms with van der Waals surface area (Å²) in [5, 5.41) is 3.26. The number of carbonyl (C=O) groups is 1. The Kier molecular flexibility index (Phi) is 5.65. The molecule has 0 radical (unpaired) electrons. The second kappa shape index (κ2) is 8.11. The van der Waals surface area contributed by atoms with E-state index >= 15 is 0 Å². The molecule has 0 saturated carbocycles. The van der Waals surface area contributed by atoms with Crippen LogP contribution in [-0.2, 0) is 4.79 Å². The van der Waals surface area contributed by atoms with Gasteiger partial charge in [0.25, 0.3) is 5.91 Å². The molecule has 1 fully saturated rings. The predicted octanol–water partition coefficient (Wildman–Crippen LogP) is 2.35. The number of likely N-dealkylation sites (tertiary alicyclic amines) is 1. The first-order chi connectivity index (χ1) is 11.7. The standard InChI is InChI=1S/C21H26N2O/c1-17-10-8-9-15-23(17)16-20(24)22-21(18-11-4-2-5-12-18)19-13-6-3-7-14-19/h2-7,11-14,17,21H,8-10,15-16H2,1H3,(H,22,24)/p+1/t17-/m0/s1. The number of benzene rings is 2. The van der Waals surface area contributed by atoms with Crippen LogP contribution < -0.4 is 10.2 Å². The molecule has 3 nitrogen and oxygen atoms in total. The van der Waals surface area contributed by atoms with Gasteiger partial charge in [0.15, 0.2) is 6.54 Å². The van der Waals surface area contributed by atoms with Gasteiger partial charge in [-0.15, -0.1) is 0 Å². The van der Waals surface area contributed by atoms with Gasteiger partial charge < -0.3 is 10.2 Å². The zero-order valence-corrected chi connectivity index (χ0v) is 14.4. The predicted molar refractivity (Wildman–Crippen MR) is 96.9 cm³/mol. The molecule has 1 aliphatic heterocycles. The number of rotatable bonds is 5. The van der Waals surface area contributed by atoms with Crippen LogP contribution in [0.25, 0.3) is 0 Å². The first-order valence-corrected chi connectivity index (χ1v) is 8.98. The van der Waals surface area contributed by atoms with Gasteiger partial charge in [-0.3, -0.25) is 4.79 Å². The van der Waals surface area contributed by atoms with Crippen LogP contribution in [0.2, 0.25) is 0 Å². The van der Waals surface area contributed by atoms with Gasteiger partial charge >= 0.3 is 0 Å². The van der Waals surface area contributed by atoms with Gasteiger partial charge in [0.05, 0.1) is 18.6 Å². The van der Waals surface area contributed by atoms with Crippen molar-refractivity contribution in [2.24, 2.45) is 0 Å². The van der Waals surface area contributed by atoms with Crippen LogP contribution in [0.5, 0.6) is 0 Å². The minimum atomic E-state index is -0.0839. The van der Waals surface area contributed by atoms with Crippen molar-refractivity contribution in [3.05, 3.63) is 71.8 Å². The summed E-state index contributed by atoms with van der Waals surface area (Å²) >= 11 is 0. The van der Waals surface area contributed by atoms with E-state index in [9.17, 15) is 4.79 Å². The quantitative estimate of drug-likeness (QED) is 0.870. The van der Waals surface area contributed by atoms with Gasteiger partial charge in [-0.1, -0.05) is 60.7 Å². The van der Waals surface area contributed by atoms with Crippen molar-refractivity contribution in [2.45, 2.75) is 38.3 Å². The minimum absolute atomic E-state index is 0.0839. The average molecular weight is 323 g/mol. The van der Waals surface area contributed by atoms with Gasteiger partial charge in [-0.25, -0.2) is 0 Å². The fourth-order valence-corrected chi connectivity index (χ4v) is 3.58. The van der Waals surface area contributed by atoms with Crippen molar-refractivity contribution in [1.82, 2.24) is 5.32 Å². The molecule has 0 spiro atoms. The van der Waals surface area contributed by atoms with Gasteiger partial charge in [0.1, 0.15) is 0 Å². The molecule has 3 rings (SSSR count). The van der Waals surface area contributed by atoms with Crippen LogP contribution in [0.1, 0.15) is 43.4 Å². The van der Waals surface area contributed by atoms with Crippen molar-refractivity contribution in [2.75, 3.05) is 13.1 Å².